The van der Waals surface area contributed by atoms with Gasteiger partial charge in [-0.2, -0.15) is 0 Å². The molecule has 0 radical (unpaired) electrons. The molecule has 1 N–H and O–H groups in total. The van der Waals surface area contributed by atoms with Crippen molar-refractivity contribution in [1.29, 1.82) is 0 Å². The maximum atomic E-state index is 10.5. The van der Waals surface area contributed by atoms with Crippen molar-refractivity contribution in [3.05, 3.63) is 42.5 Å². The molecule has 1 aliphatic rings. The Balaban J connectivity index is 2.10. The van der Waals surface area contributed by atoms with Crippen molar-refractivity contribution >= 4 is 11.8 Å². The quantitative estimate of drug-likeness (QED) is 0.821. The van der Waals surface area contributed by atoms with E-state index in [0.29, 0.717) is 5.92 Å². The summed E-state index contributed by atoms with van der Waals surface area (Å²) in [5, 5.41) is 10.8. The fourth-order valence-corrected chi connectivity index (χ4v) is 3.89. The van der Waals surface area contributed by atoms with Crippen LogP contribution in [-0.2, 0) is 0 Å². The van der Waals surface area contributed by atoms with E-state index < -0.39 is 5.60 Å². The van der Waals surface area contributed by atoms with Crippen LogP contribution >= 0.6 is 11.8 Å². The molecule has 0 heterocycles. The van der Waals surface area contributed by atoms with Gasteiger partial charge in [0.1, 0.15) is 0 Å². The largest absolute Gasteiger partial charge is 0.389 e. The monoisotopic (exact) mass is 262 g/mol. The van der Waals surface area contributed by atoms with Crippen LogP contribution in [0.5, 0.6) is 0 Å². The van der Waals surface area contributed by atoms with Gasteiger partial charge in [-0.1, -0.05) is 30.4 Å². The average Bonchev–Trinajstić information content (AvgIpc) is 2.33. The summed E-state index contributed by atoms with van der Waals surface area (Å²) in [6.45, 7) is 8.16. The van der Waals surface area contributed by atoms with Crippen LogP contribution in [0.3, 0.4) is 0 Å². The highest BCUT2D eigenvalue weighted by atomic mass is 32.2. The average molecular weight is 262 g/mol. The first kappa shape index (κ1) is 13.7. The minimum Gasteiger partial charge on any atom is -0.389 e. The maximum absolute atomic E-state index is 10.5. The molecule has 0 aliphatic heterocycles. The van der Waals surface area contributed by atoms with E-state index in [4.69, 9.17) is 0 Å². The van der Waals surface area contributed by atoms with Crippen molar-refractivity contribution in [2.24, 2.45) is 5.92 Å². The summed E-state index contributed by atoms with van der Waals surface area (Å²) < 4.78 is 0. The van der Waals surface area contributed by atoms with Gasteiger partial charge in [0.25, 0.3) is 0 Å². The van der Waals surface area contributed by atoms with E-state index in [0.717, 1.165) is 19.3 Å². The zero-order valence-electron chi connectivity index (χ0n) is 11.2. The van der Waals surface area contributed by atoms with Crippen molar-refractivity contribution in [2.45, 2.75) is 48.9 Å². The molecule has 1 fully saturated rings. The molecular formula is C16H22OS. The molecular weight excluding hydrogens is 240 g/mol. The molecule has 2 heteroatoms. The molecule has 1 saturated carbocycles. The summed E-state index contributed by atoms with van der Waals surface area (Å²) in [6, 6.07) is 10.4. The molecule has 1 aromatic rings. The number of hydrogen-bond donors (Lipinski definition) is 1. The summed E-state index contributed by atoms with van der Waals surface area (Å²) in [7, 11) is 0. The van der Waals surface area contributed by atoms with Gasteiger partial charge in [-0.05, 0) is 51.2 Å². The Morgan fingerprint density at radius 1 is 1.39 bits per heavy atom. The first-order valence-corrected chi connectivity index (χ1v) is 7.46. The van der Waals surface area contributed by atoms with E-state index in [-0.39, 0.29) is 5.25 Å². The van der Waals surface area contributed by atoms with Crippen molar-refractivity contribution in [3.8, 4) is 0 Å². The molecule has 1 nitrogen and oxygen atoms in total. The predicted octanol–water partition coefficient (Wildman–Crippen LogP) is 4.27. The molecule has 0 saturated heterocycles. The lowest BCUT2D eigenvalue weighted by molar-refractivity contribution is 0.0194. The Bertz CT molecular complexity index is 410. The van der Waals surface area contributed by atoms with Gasteiger partial charge in [-0.3, -0.25) is 0 Å². The number of thioether (sulfide) groups is 1. The van der Waals surface area contributed by atoms with Gasteiger partial charge in [-0.15, -0.1) is 11.8 Å². The van der Waals surface area contributed by atoms with Crippen molar-refractivity contribution in [2.75, 3.05) is 0 Å². The maximum Gasteiger partial charge on any atom is 0.0741 e. The predicted molar refractivity (Wildman–Crippen MR) is 78.9 cm³/mol. The van der Waals surface area contributed by atoms with Crippen LogP contribution in [-0.4, -0.2) is 16.0 Å². The number of hydrogen-bond acceptors (Lipinski definition) is 2. The first-order chi connectivity index (χ1) is 8.49. The van der Waals surface area contributed by atoms with Crippen molar-refractivity contribution < 1.29 is 5.11 Å². The molecule has 0 amide bonds. The first-order valence-electron chi connectivity index (χ1n) is 6.58. The smallest absolute Gasteiger partial charge is 0.0741 e. The van der Waals surface area contributed by atoms with Crippen LogP contribution in [0, 0.1) is 5.92 Å². The Morgan fingerprint density at radius 2 is 2.06 bits per heavy atom. The summed E-state index contributed by atoms with van der Waals surface area (Å²) >= 11 is 1.80. The normalized spacial score (nSPS) is 32.2. The van der Waals surface area contributed by atoms with Gasteiger partial charge >= 0.3 is 0 Å². The lowest BCUT2D eigenvalue weighted by atomic mass is 9.77. The molecule has 0 aromatic heterocycles. The summed E-state index contributed by atoms with van der Waals surface area (Å²) in [4.78, 5) is 1.24. The molecule has 98 valence electrons. The minimum atomic E-state index is -0.563. The molecule has 2 rings (SSSR count). The number of benzene rings is 1. The van der Waals surface area contributed by atoms with Crippen LogP contribution in [0.25, 0.3) is 0 Å². The van der Waals surface area contributed by atoms with Gasteiger partial charge in [0, 0.05) is 10.1 Å². The zero-order chi connectivity index (χ0) is 13.2. The Labute approximate surface area is 114 Å². The lowest BCUT2D eigenvalue weighted by Crippen LogP contribution is -2.42. The van der Waals surface area contributed by atoms with E-state index in [2.05, 4.69) is 37.8 Å². The van der Waals surface area contributed by atoms with E-state index in [1.165, 1.54) is 10.5 Å². The third kappa shape index (κ3) is 3.18. The van der Waals surface area contributed by atoms with Gasteiger partial charge in [-0.25, -0.2) is 0 Å². The molecule has 18 heavy (non-hydrogen) atoms. The third-order valence-corrected chi connectivity index (χ3v) is 5.44. The van der Waals surface area contributed by atoms with Gasteiger partial charge in [0.2, 0.25) is 0 Å². The second-order valence-electron chi connectivity index (χ2n) is 5.59. The number of rotatable bonds is 3. The van der Waals surface area contributed by atoms with Crippen molar-refractivity contribution in [1.82, 2.24) is 0 Å². The van der Waals surface area contributed by atoms with E-state index in [9.17, 15) is 5.11 Å². The summed E-state index contributed by atoms with van der Waals surface area (Å²) in [6.07, 6.45) is 2.96. The standard InChI is InChI=1S/C16H22OS/c1-12(2)13-9-10-16(3,17)15(11-13)18-14-7-5-4-6-8-14/h4-8,13,15,17H,1,9-11H2,2-3H3/t13-,15+,16+/m0/s1. The van der Waals surface area contributed by atoms with Crippen LogP contribution in [0.2, 0.25) is 0 Å². The van der Waals surface area contributed by atoms with Gasteiger partial charge in [0.15, 0.2) is 0 Å². The fourth-order valence-electron chi connectivity index (χ4n) is 2.54. The molecule has 0 bridgehead atoms. The highest BCUT2D eigenvalue weighted by Crippen LogP contribution is 2.43. The number of aliphatic hydroxyl groups is 1. The Kier molecular flexibility index (Phi) is 4.18. The van der Waals surface area contributed by atoms with Gasteiger partial charge < -0.3 is 5.11 Å². The van der Waals surface area contributed by atoms with Crippen LogP contribution in [0.4, 0.5) is 0 Å². The lowest BCUT2D eigenvalue weighted by Gasteiger charge is -2.40. The third-order valence-electron chi connectivity index (χ3n) is 3.91. The highest BCUT2D eigenvalue weighted by molar-refractivity contribution is 8.00. The van der Waals surface area contributed by atoms with E-state index in [1.807, 2.05) is 13.0 Å². The summed E-state index contributed by atoms with van der Waals surface area (Å²) in [5.41, 5.74) is 0.691. The van der Waals surface area contributed by atoms with Crippen LogP contribution in [0.1, 0.15) is 33.1 Å². The fraction of sp³-hybridized carbons (Fsp3) is 0.500. The molecule has 0 unspecified atom stereocenters. The van der Waals surface area contributed by atoms with E-state index in [1.54, 1.807) is 11.8 Å². The minimum absolute atomic E-state index is 0.260. The second-order valence-corrected chi connectivity index (χ2v) is 6.87. The van der Waals surface area contributed by atoms with Gasteiger partial charge in [0.05, 0.1) is 5.60 Å². The van der Waals surface area contributed by atoms with Crippen LogP contribution < -0.4 is 0 Å². The van der Waals surface area contributed by atoms with Crippen molar-refractivity contribution in [3.63, 3.8) is 0 Å². The molecule has 0 spiro atoms. The van der Waals surface area contributed by atoms with E-state index >= 15 is 0 Å². The molecule has 3 atom stereocenters. The SMILES string of the molecule is C=C(C)[C@H]1CC[C@@](C)(O)[C@H](Sc2ccccc2)C1. The topological polar surface area (TPSA) is 20.2 Å². The molecule has 1 aliphatic carbocycles. The van der Waals surface area contributed by atoms with Crippen LogP contribution in [0.15, 0.2) is 47.4 Å². The Morgan fingerprint density at radius 3 is 2.67 bits per heavy atom. The number of allylic oxidation sites excluding steroid dienone is 1. The zero-order valence-corrected chi connectivity index (χ0v) is 12.0. The summed E-state index contributed by atoms with van der Waals surface area (Å²) in [5.74, 6) is 0.562. The molecule has 1 aromatic carbocycles. The highest BCUT2D eigenvalue weighted by Gasteiger charge is 2.39. The second kappa shape index (κ2) is 5.50. The Hall–Kier alpha value is -0.730.